The van der Waals surface area contributed by atoms with Gasteiger partial charge in [-0.1, -0.05) is 42.5 Å². The minimum Gasteiger partial charge on any atom is -0.392 e. The van der Waals surface area contributed by atoms with Gasteiger partial charge < -0.3 is 11.1 Å². The van der Waals surface area contributed by atoms with Crippen molar-refractivity contribution in [2.75, 3.05) is 18.1 Å². The van der Waals surface area contributed by atoms with E-state index in [1.165, 1.54) is 0 Å². The zero-order valence-electron chi connectivity index (χ0n) is 11.5. The van der Waals surface area contributed by atoms with E-state index in [9.17, 15) is 13.2 Å². The second-order valence-corrected chi connectivity index (χ2v) is 7.96. The third-order valence-corrected chi connectivity index (χ3v) is 5.64. The molecule has 1 saturated heterocycles. The summed E-state index contributed by atoms with van der Waals surface area (Å²) >= 11 is 4.98. The summed E-state index contributed by atoms with van der Waals surface area (Å²) in [6.07, 6.45) is 0.589. The van der Waals surface area contributed by atoms with Gasteiger partial charge in [-0.25, -0.2) is 8.42 Å². The lowest BCUT2D eigenvalue weighted by molar-refractivity contribution is -0.121. The highest BCUT2D eigenvalue weighted by Gasteiger charge is 2.29. The molecule has 0 aliphatic carbocycles. The summed E-state index contributed by atoms with van der Waals surface area (Å²) in [5.41, 5.74) is 6.41. The maximum atomic E-state index is 12.3. The van der Waals surface area contributed by atoms with E-state index in [1.807, 2.05) is 18.2 Å². The standard InChI is InChI=1S/C14H18N2O3S2/c15-13(20)12(11-4-2-1-3-5-11)14(17)16-8-10-6-7-21(18,19)9-10/h1-5,10,12H,6-9H2,(H2,15,20)(H,16,17). The van der Waals surface area contributed by atoms with E-state index in [2.05, 4.69) is 5.32 Å². The van der Waals surface area contributed by atoms with Crippen molar-refractivity contribution in [2.45, 2.75) is 12.3 Å². The van der Waals surface area contributed by atoms with E-state index in [0.717, 1.165) is 5.56 Å². The van der Waals surface area contributed by atoms with Crippen molar-refractivity contribution >= 4 is 33.0 Å². The molecule has 2 atom stereocenters. The monoisotopic (exact) mass is 326 g/mol. The van der Waals surface area contributed by atoms with Crippen LogP contribution in [0.1, 0.15) is 17.9 Å². The van der Waals surface area contributed by atoms with Crippen LogP contribution < -0.4 is 11.1 Å². The lowest BCUT2D eigenvalue weighted by atomic mass is 9.98. The second kappa shape index (κ2) is 6.53. The van der Waals surface area contributed by atoms with Gasteiger partial charge in [0.2, 0.25) is 5.91 Å². The van der Waals surface area contributed by atoms with Gasteiger partial charge in [-0.05, 0) is 17.9 Å². The number of carbonyl (C=O) groups excluding carboxylic acids is 1. The van der Waals surface area contributed by atoms with Crippen molar-refractivity contribution in [3.8, 4) is 0 Å². The molecular formula is C14H18N2O3S2. The summed E-state index contributed by atoms with van der Waals surface area (Å²) in [6.45, 7) is 0.337. The maximum absolute atomic E-state index is 12.3. The van der Waals surface area contributed by atoms with Crippen LogP contribution in [0.15, 0.2) is 30.3 Å². The molecule has 1 fully saturated rings. The SMILES string of the molecule is NC(=S)C(C(=O)NCC1CCS(=O)(=O)C1)c1ccccc1. The number of thiocarbonyl (C=S) groups is 1. The van der Waals surface area contributed by atoms with Crippen molar-refractivity contribution in [1.82, 2.24) is 5.32 Å². The largest absolute Gasteiger partial charge is 0.392 e. The number of sulfone groups is 1. The Kier molecular flexibility index (Phi) is 4.95. The van der Waals surface area contributed by atoms with Crippen LogP contribution in [0.4, 0.5) is 0 Å². The smallest absolute Gasteiger partial charge is 0.234 e. The highest BCUT2D eigenvalue weighted by Crippen LogP contribution is 2.19. The lowest BCUT2D eigenvalue weighted by Crippen LogP contribution is -2.38. The fraction of sp³-hybridized carbons (Fsp3) is 0.429. The quantitative estimate of drug-likeness (QED) is 0.774. The van der Waals surface area contributed by atoms with Crippen molar-refractivity contribution in [3.63, 3.8) is 0 Å². The number of hydrogen-bond acceptors (Lipinski definition) is 4. The Balaban J connectivity index is 1.99. The average molecular weight is 326 g/mol. The highest BCUT2D eigenvalue weighted by molar-refractivity contribution is 7.91. The van der Waals surface area contributed by atoms with Gasteiger partial charge in [0, 0.05) is 6.54 Å². The number of benzene rings is 1. The molecule has 1 aromatic rings. The summed E-state index contributed by atoms with van der Waals surface area (Å²) < 4.78 is 22.8. The van der Waals surface area contributed by atoms with Gasteiger partial charge in [0.25, 0.3) is 0 Å². The van der Waals surface area contributed by atoms with Crippen LogP contribution in [0, 0.1) is 5.92 Å². The Labute approximate surface area is 129 Å². The third kappa shape index (κ3) is 4.25. The molecule has 0 radical (unpaired) electrons. The fourth-order valence-electron chi connectivity index (χ4n) is 2.47. The molecule has 1 aliphatic heterocycles. The molecule has 3 N–H and O–H groups in total. The molecule has 0 saturated carbocycles. The van der Waals surface area contributed by atoms with Crippen molar-refractivity contribution in [1.29, 1.82) is 0 Å². The Morgan fingerprint density at radius 2 is 2.05 bits per heavy atom. The van der Waals surface area contributed by atoms with Gasteiger partial charge in [-0.2, -0.15) is 0 Å². The first-order chi connectivity index (χ1) is 9.89. The van der Waals surface area contributed by atoms with Crippen molar-refractivity contribution < 1.29 is 13.2 Å². The van der Waals surface area contributed by atoms with Gasteiger partial charge in [-0.3, -0.25) is 4.79 Å². The normalized spacial score (nSPS) is 21.6. The fourth-order valence-corrected chi connectivity index (χ4v) is 4.58. The number of amides is 1. The maximum Gasteiger partial charge on any atom is 0.234 e. The highest BCUT2D eigenvalue weighted by atomic mass is 32.2. The van der Waals surface area contributed by atoms with E-state index in [0.29, 0.717) is 13.0 Å². The van der Waals surface area contributed by atoms with Crippen LogP contribution >= 0.6 is 12.2 Å². The Morgan fingerprint density at radius 1 is 1.38 bits per heavy atom. The number of carbonyl (C=O) groups is 1. The van der Waals surface area contributed by atoms with E-state index >= 15 is 0 Å². The van der Waals surface area contributed by atoms with Gasteiger partial charge in [0.15, 0.2) is 9.84 Å². The molecule has 114 valence electrons. The summed E-state index contributed by atoms with van der Waals surface area (Å²) in [5.74, 6) is -0.652. The first kappa shape index (κ1) is 15.9. The van der Waals surface area contributed by atoms with E-state index in [4.69, 9.17) is 18.0 Å². The molecule has 5 nitrogen and oxygen atoms in total. The molecule has 21 heavy (non-hydrogen) atoms. The molecule has 0 aromatic heterocycles. The molecule has 2 unspecified atom stereocenters. The summed E-state index contributed by atoms with van der Waals surface area (Å²) in [6, 6.07) is 9.07. The molecule has 2 rings (SSSR count). The summed E-state index contributed by atoms with van der Waals surface area (Å²) in [5, 5.41) is 2.77. The summed E-state index contributed by atoms with van der Waals surface area (Å²) in [7, 11) is -2.93. The van der Waals surface area contributed by atoms with E-state index in [1.54, 1.807) is 12.1 Å². The van der Waals surface area contributed by atoms with Gasteiger partial charge in [0.1, 0.15) is 5.92 Å². The molecule has 1 amide bonds. The second-order valence-electron chi connectivity index (χ2n) is 5.26. The van der Waals surface area contributed by atoms with Gasteiger partial charge in [0.05, 0.1) is 16.5 Å². The number of nitrogens with one attached hydrogen (secondary N) is 1. The molecule has 0 bridgehead atoms. The van der Waals surface area contributed by atoms with Crippen LogP contribution in [0.25, 0.3) is 0 Å². The predicted molar refractivity (Wildman–Crippen MR) is 85.7 cm³/mol. The molecule has 0 spiro atoms. The van der Waals surface area contributed by atoms with Crippen LogP contribution in [0.3, 0.4) is 0 Å². The first-order valence-corrected chi connectivity index (χ1v) is 8.94. The zero-order chi connectivity index (χ0) is 15.5. The Hall–Kier alpha value is -1.47. The van der Waals surface area contributed by atoms with E-state index in [-0.39, 0.29) is 28.3 Å². The molecule has 1 heterocycles. The topological polar surface area (TPSA) is 89.3 Å². The minimum absolute atomic E-state index is 0.0262. The zero-order valence-corrected chi connectivity index (χ0v) is 13.1. The van der Waals surface area contributed by atoms with Crippen molar-refractivity contribution in [2.24, 2.45) is 11.7 Å². The average Bonchev–Trinajstić information content (AvgIpc) is 2.77. The predicted octanol–water partition coefficient (Wildman–Crippen LogP) is 0.607. The Bertz CT molecular complexity index is 629. The van der Waals surface area contributed by atoms with Crippen LogP contribution in [0.2, 0.25) is 0 Å². The molecule has 1 aromatic carbocycles. The number of nitrogens with two attached hydrogens (primary N) is 1. The lowest BCUT2D eigenvalue weighted by Gasteiger charge is -2.17. The van der Waals surface area contributed by atoms with Gasteiger partial charge in [-0.15, -0.1) is 0 Å². The summed E-state index contributed by atoms with van der Waals surface area (Å²) in [4.78, 5) is 12.4. The molecular weight excluding hydrogens is 308 g/mol. The van der Waals surface area contributed by atoms with Crippen LogP contribution in [-0.2, 0) is 14.6 Å². The third-order valence-electron chi connectivity index (χ3n) is 3.57. The van der Waals surface area contributed by atoms with Crippen molar-refractivity contribution in [3.05, 3.63) is 35.9 Å². The molecule has 7 heteroatoms. The number of rotatable bonds is 5. The van der Waals surface area contributed by atoms with Gasteiger partial charge >= 0.3 is 0 Å². The van der Waals surface area contributed by atoms with E-state index < -0.39 is 15.8 Å². The molecule has 1 aliphatic rings. The van der Waals surface area contributed by atoms with Crippen LogP contribution in [0.5, 0.6) is 0 Å². The number of hydrogen-bond donors (Lipinski definition) is 2. The first-order valence-electron chi connectivity index (χ1n) is 6.71. The Morgan fingerprint density at radius 3 is 2.57 bits per heavy atom. The minimum atomic E-state index is -2.93. The van der Waals surface area contributed by atoms with Crippen LogP contribution in [-0.4, -0.2) is 37.4 Å².